The van der Waals surface area contributed by atoms with Crippen LogP contribution < -0.4 is 10.6 Å². The van der Waals surface area contributed by atoms with Crippen molar-refractivity contribution in [3.05, 3.63) is 0 Å². The molecule has 168 valence electrons. The fraction of sp³-hybridized carbons (Fsp3) is 0.957. The van der Waals surface area contributed by atoms with Crippen LogP contribution in [0.2, 0.25) is 0 Å². The third-order valence-electron chi connectivity index (χ3n) is 7.75. The SMILES string of the molecule is CCNC(=NCC1(C)CCCCC1O)NCC1(N2CCCCC2)CCN(C)CC1. The number of piperidine rings is 2. The van der Waals surface area contributed by atoms with E-state index in [-0.39, 0.29) is 17.1 Å². The van der Waals surface area contributed by atoms with Crippen molar-refractivity contribution in [2.24, 2.45) is 10.4 Å². The Bertz CT molecular complexity index is 525. The normalized spacial score (nSPS) is 32.1. The van der Waals surface area contributed by atoms with Gasteiger partial charge in [0.15, 0.2) is 5.96 Å². The Balaban J connectivity index is 1.66. The lowest BCUT2D eigenvalue weighted by atomic mass is 9.73. The van der Waals surface area contributed by atoms with E-state index in [4.69, 9.17) is 4.99 Å². The van der Waals surface area contributed by atoms with Crippen molar-refractivity contribution in [1.29, 1.82) is 0 Å². The summed E-state index contributed by atoms with van der Waals surface area (Å²) < 4.78 is 0. The molecule has 6 nitrogen and oxygen atoms in total. The number of hydrogen-bond donors (Lipinski definition) is 3. The first-order valence-electron chi connectivity index (χ1n) is 12.1. The van der Waals surface area contributed by atoms with Crippen molar-refractivity contribution in [3.8, 4) is 0 Å². The van der Waals surface area contributed by atoms with E-state index in [1.165, 1.54) is 64.7 Å². The lowest BCUT2D eigenvalue weighted by Crippen LogP contribution is -2.62. The molecule has 0 radical (unpaired) electrons. The molecule has 0 aromatic carbocycles. The highest BCUT2D eigenvalue weighted by atomic mass is 16.3. The molecule has 29 heavy (non-hydrogen) atoms. The summed E-state index contributed by atoms with van der Waals surface area (Å²) in [7, 11) is 2.25. The molecule has 1 saturated carbocycles. The van der Waals surface area contributed by atoms with Crippen LogP contribution in [0, 0.1) is 5.41 Å². The van der Waals surface area contributed by atoms with Gasteiger partial charge in [-0.3, -0.25) is 9.89 Å². The van der Waals surface area contributed by atoms with Crippen LogP contribution in [0.4, 0.5) is 0 Å². The second kappa shape index (κ2) is 10.5. The zero-order valence-electron chi connectivity index (χ0n) is 19.2. The number of nitrogens with one attached hydrogen (secondary N) is 2. The fourth-order valence-electron chi connectivity index (χ4n) is 5.42. The smallest absolute Gasteiger partial charge is 0.191 e. The molecule has 3 N–H and O–H groups in total. The van der Waals surface area contributed by atoms with Gasteiger partial charge in [0.25, 0.3) is 0 Å². The van der Waals surface area contributed by atoms with Crippen LogP contribution in [0.25, 0.3) is 0 Å². The highest BCUT2D eigenvalue weighted by molar-refractivity contribution is 5.79. The van der Waals surface area contributed by atoms with E-state index in [0.29, 0.717) is 6.54 Å². The standard InChI is InChI=1S/C23H45N5O/c1-4-24-21(25-18-22(2)11-7-6-10-20(22)29)26-19-23(12-16-27(3)17-13-23)28-14-8-5-9-15-28/h20,29H,4-19H2,1-3H3,(H2,24,25,26). The summed E-state index contributed by atoms with van der Waals surface area (Å²) in [5.74, 6) is 0.918. The number of guanidine groups is 1. The van der Waals surface area contributed by atoms with Gasteiger partial charge in [0.2, 0.25) is 0 Å². The highest BCUT2D eigenvalue weighted by Gasteiger charge is 2.40. The summed E-state index contributed by atoms with van der Waals surface area (Å²) in [5.41, 5.74) is 0.163. The minimum Gasteiger partial charge on any atom is -0.392 e. The first-order valence-corrected chi connectivity index (χ1v) is 12.1. The Morgan fingerprint density at radius 2 is 1.72 bits per heavy atom. The molecule has 0 bridgehead atoms. The van der Waals surface area contributed by atoms with E-state index in [0.717, 1.165) is 38.3 Å². The maximum absolute atomic E-state index is 10.5. The number of aliphatic hydroxyl groups is 1. The van der Waals surface area contributed by atoms with Crippen LogP contribution in [0.3, 0.4) is 0 Å². The van der Waals surface area contributed by atoms with Gasteiger partial charge in [-0.2, -0.15) is 0 Å². The van der Waals surface area contributed by atoms with E-state index in [1.807, 2.05) is 0 Å². The Hall–Kier alpha value is -0.850. The van der Waals surface area contributed by atoms with Gasteiger partial charge in [0.05, 0.1) is 12.6 Å². The number of aliphatic hydroxyl groups excluding tert-OH is 1. The molecule has 3 aliphatic rings. The molecular weight excluding hydrogens is 362 g/mol. The van der Waals surface area contributed by atoms with Crippen LogP contribution in [0.15, 0.2) is 4.99 Å². The van der Waals surface area contributed by atoms with E-state index >= 15 is 0 Å². The summed E-state index contributed by atoms with van der Waals surface area (Å²) >= 11 is 0. The molecule has 2 heterocycles. The van der Waals surface area contributed by atoms with Gasteiger partial charge >= 0.3 is 0 Å². The van der Waals surface area contributed by atoms with Crippen LogP contribution in [-0.2, 0) is 0 Å². The second-order valence-electron chi connectivity index (χ2n) is 10.0. The van der Waals surface area contributed by atoms with Gasteiger partial charge in [-0.25, -0.2) is 0 Å². The number of nitrogens with zero attached hydrogens (tertiary/aromatic N) is 3. The van der Waals surface area contributed by atoms with Crippen molar-refractivity contribution < 1.29 is 5.11 Å². The maximum Gasteiger partial charge on any atom is 0.191 e. The number of hydrogen-bond acceptors (Lipinski definition) is 4. The van der Waals surface area contributed by atoms with Crippen molar-refractivity contribution >= 4 is 5.96 Å². The highest BCUT2D eigenvalue weighted by Crippen LogP contribution is 2.36. The van der Waals surface area contributed by atoms with E-state index < -0.39 is 0 Å². The second-order valence-corrected chi connectivity index (χ2v) is 10.0. The summed E-state index contributed by atoms with van der Waals surface area (Å²) in [5, 5.41) is 17.7. The molecule has 0 amide bonds. The molecule has 2 atom stereocenters. The van der Waals surface area contributed by atoms with Gasteiger partial charge < -0.3 is 20.6 Å². The first-order chi connectivity index (χ1) is 14.0. The van der Waals surface area contributed by atoms with Gasteiger partial charge in [0.1, 0.15) is 0 Å². The lowest BCUT2D eigenvalue weighted by Gasteiger charge is -2.50. The molecule has 3 fully saturated rings. The summed E-state index contributed by atoms with van der Waals surface area (Å²) in [6, 6.07) is 0. The summed E-state index contributed by atoms with van der Waals surface area (Å²) in [6.45, 7) is 11.7. The minimum absolute atomic E-state index is 0.0846. The molecule has 0 aromatic rings. The Morgan fingerprint density at radius 3 is 2.38 bits per heavy atom. The largest absolute Gasteiger partial charge is 0.392 e. The van der Waals surface area contributed by atoms with Crippen molar-refractivity contribution in [1.82, 2.24) is 20.4 Å². The maximum atomic E-state index is 10.5. The summed E-state index contributed by atoms with van der Waals surface area (Å²) in [4.78, 5) is 10.2. The summed E-state index contributed by atoms with van der Waals surface area (Å²) in [6.07, 6.45) is 10.6. The predicted molar refractivity (Wildman–Crippen MR) is 121 cm³/mol. The molecule has 1 aliphatic carbocycles. The average molecular weight is 408 g/mol. The third-order valence-corrected chi connectivity index (χ3v) is 7.75. The van der Waals surface area contributed by atoms with Gasteiger partial charge in [-0.1, -0.05) is 26.2 Å². The topological polar surface area (TPSA) is 63.1 Å². The van der Waals surface area contributed by atoms with E-state index in [2.05, 4.69) is 41.3 Å². The lowest BCUT2D eigenvalue weighted by molar-refractivity contribution is 0.00696. The number of aliphatic imine (C=N–C) groups is 1. The van der Waals surface area contributed by atoms with Crippen LogP contribution >= 0.6 is 0 Å². The molecule has 0 spiro atoms. The van der Waals surface area contributed by atoms with Crippen LogP contribution in [0.1, 0.15) is 71.6 Å². The van der Waals surface area contributed by atoms with Gasteiger partial charge in [0, 0.05) is 24.0 Å². The molecular formula is C23H45N5O. The monoisotopic (exact) mass is 407 g/mol. The molecule has 6 heteroatoms. The first kappa shape index (κ1) is 22.8. The minimum atomic E-state index is -0.226. The Morgan fingerprint density at radius 1 is 1.00 bits per heavy atom. The molecule has 3 rings (SSSR count). The van der Waals surface area contributed by atoms with E-state index in [1.54, 1.807) is 0 Å². The number of rotatable bonds is 6. The Kier molecular flexibility index (Phi) is 8.23. The van der Waals surface area contributed by atoms with E-state index in [9.17, 15) is 5.11 Å². The van der Waals surface area contributed by atoms with Gasteiger partial charge in [-0.05, 0) is 78.7 Å². The number of likely N-dealkylation sites (tertiary alicyclic amines) is 2. The van der Waals surface area contributed by atoms with Gasteiger partial charge in [-0.15, -0.1) is 0 Å². The molecule has 0 aromatic heterocycles. The van der Waals surface area contributed by atoms with Crippen molar-refractivity contribution in [3.63, 3.8) is 0 Å². The molecule has 2 saturated heterocycles. The predicted octanol–water partition coefficient (Wildman–Crippen LogP) is 2.43. The zero-order valence-corrected chi connectivity index (χ0v) is 19.2. The van der Waals surface area contributed by atoms with Crippen LogP contribution in [-0.4, -0.2) is 85.4 Å². The van der Waals surface area contributed by atoms with Crippen molar-refractivity contribution in [2.75, 3.05) is 52.9 Å². The Labute approximate surface area is 178 Å². The third kappa shape index (κ3) is 5.86. The quantitative estimate of drug-likeness (QED) is 0.466. The molecule has 2 aliphatic heterocycles. The zero-order chi connectivity index (χ0) is 20.7. The van der Waals surface area contributed by atoms with Crippen LogP contribution in [0.5, 0.6) is 0 Å². The molecule has 2 unspecified atom stereocenters. The average Bonchev–Trinajstić information content (AvgIpc) is 2.74. The fourth-order valence-corrected chi connectivity index (χ4v) is 5.42. The van der Waals surface area contributed by atoms with Crippen molar-refractivity contribution in [2.45, 2.75) is 83.3 Å².